The van der Waals surface area contributed by atoms with E-state index in [0.717, 1.165) is 12.1 Å². The van der Waals surface area contributed by atoms with Gasteiger partial charge in [-0.1, -0.05) is 6.92 Å². The van der Waals surface area contributed by atoms with Crippen LogP contribution in [0.2, 0.25) is 0 Å². The van der Waals surface area contributed by atoms with E-state index >= 15 is 0 Å². The second kappa shape index (κ2) is 9.32. The van der Waals surface area contributed by atoms with Crippen LogP contribution < -0.4 is 9.64 Å². The number of benzene rings is 2. The Kier molecular flexibility index (Phi) is 7.00. The molecule has 0 N–H and O–H groups in total. The monoisotopic (exact) mass is 447 g/mol. The molecule has 2 aromatic carbocycles. The standard InChI is InChI=1S/C21H22F5NO2S/c1-2-14(22)8-10-29-19-13-20-18(12-17(19)21(24,25)26)27(9-3-11-30(20)28)16-6-4-15(23)5-7-16/h4-7,12-14H,2-3,8-11H2,1H3. The van der Waals surface area contributed by atoms with E-state index < -0.39 is 40.3 Å². The number of rotatable bonds is 6. The SMILES string of the molecule is CCC(F)CCOc1cc2c(cc1C(F)(F)F)N(c1ccc(F)cc1)CCCS2=O. The summed E-state index contributed by atoms with van der Waals surface area (Å²) in [7, 11) is -1.53. The molecular formula is C21H22F5NO2S. The molecule has 0 aromatic heterocycles. The molecule has 2 unspecified atom stereocenters. The largest absolute Gasteiger partial charge is 0.493 e. The Hall–Kier alpha value is -2.16. The van der Waals surface area contributed by atoms with Gasteiger partial charge in [-0.3, -0.25) is 4.21 Å². The summed E-state index contributed by atoms with van der Waals surface area (Å²) >= 11 is 0. The summed E-state index contributed by atoms with van der Waals surface area (Å²) in [6.45, 7) is 1.76. The quantitative estimate of drug-likeness (QED) is 0.508. The number of ether oxygens (including phenoxy) is 1. The summed E-state index contributed by atoms with van der Waals surface area (Å²) in [5.41, 5.74) is -0.366. The summed E-state index contributed by atoms with van der Waals surface area (Å²) in [5, 5.41) is 0. The Morgan fingerprint density at radius 1 is 1.20 bits per heavy atom. The minimum absolute atomic E-state index is 0.0321. The fourth-order valence-corrected chi connectivity index (χ4v) is 4.51. The third-order valence-electron chi connectivity index (χ3n) is 4.88. The normalized spacial score (nSPS) is 17.9. The van der Waals surface area contributed by atoms with Crippen LogP contribution in [0, 0.1) is 5.82 Å². The zero-order valence-corrected chi connectivity index (χ0v) is 17.2. The molecule has 30 heavy (non-hydrogen) atoms. The van der Waals surface area contributed by atoms with Crippen LogP contribution in [0.1, 0.15) is 31.7 Å². The van der Waals surface area contributed by atoms with Crippen LogP contribution in [0.3, 0.4) is 0 Å². The molecule has 0 bridgehead atoms. The lowest BCUT2D eigenvalue weighted by Gasteiger charge is -2.26. The minimum Gasteiger partial charge on any atom is -0.493 e. The molecule has 0 fully saturated rings. The van der Waals surface area contributed by atoms with Crippen molar-refractivity contribution in [1.29, 1.82) is 0 Å². The lowest BCUT2D eigenvalue weighted by Crippen LogP contribution is -2.20. The molecule has 164 valence electrons. The second-order valence-electron chi connectivity index (χ2n) is 6.99. The van der Waals surface area contributed by atoms with Crippen molar-refractivity contribution < 1.29 is 30.9 Å². The first-order valence-corrected chi connectivity index (χ1v) is 11.0. The van der Waals surface area contributed by atoms with Crippen LogP contribution in [-0.2, 0) is 17.0 Å². The molecule has 9 heteroatoms. The van der Waals surface area contributed by atoms with E-state index in [2.05, 4.69) is 0 Å². The number of alkyl halides is 4. The smallest absolute Gasteiger partial charge is 0.420 e. The van der Waals surface area contributed by atoms with Crippen LogP contribution in [-0.4, -0.2) is 29.3 Å². The van der Waals surface area contributed by atoms with E-state index in [1.807, 2.05) is 0 Å². The lowest BCUT2D eigenvalue weighted by molar-refractivity contribution is -0.139. The highest BCUT2D eigenvalue weighted by atomic mass is 32.2. The van der Waals surface area contributed by atoms with Crippen molar-refractivity contribution >= 4 is 22.2 Å². The maximum Gasteiger partial charge on any atom is 0.420 e. The van der Waals surface area contributed by atoms with Crippen molar-refractivity contribution in [2.24, 2.45) is 0 Å². The predicted octanol–water partition coefficient (Wildman–Crippen LogP) is 6.01. The van der Waals surface area contributed by atoms with Crippen LogP contribution in [0.15, 0.2) is 41.3 Å². The van der Waals surface area contributed by atoms with Gasteiger partial charge in [0.2, 0.25) is 0 Å². The Morgan fingerprint density at radius 3 is 2.53 bits per heavy atom. The Morgan fingerprint density at radius 2 is 1.90 bits per heavy atom. The summed E-state index contributed by atoms with van der Waals surface area (Å²) in [6, 6.07) is 7.45. The van der Waals surface area contributed by atoms with Crippen molar-refractivity contribution in [1.82, 2.24) is 0 Å². The van der Waals surface area contributed by atoms with E-state index in [9.17, 15) is 26.2 Å². The maximum absolute atomic E-state index is 13.8. The van der Waals surface area contributed by atoms with Crippen molar-refractivity contribution in [2.75, 3.05) is 23.8 Å². The molecule has 3 rings (SSSR count). The minimum atomic E-state index is -4.72. The van der Waals surface area contributed by atoms with Gasteiger partial charge >= 0.3 is 6.18 Å². The number of fused-ring (bicyclic) bond motifs is 1. The third-order valence-corrected chi connectivity index (χ3v) is 6.36. The van der Waals surface area contributed by atoms with E-state index in [-0.39, 0.29) is 35.8 Å². The van der Waals surface area contributed by atoms with Crippen molar-refractivity contribution in [3.8, 4) is 5.75 Å². The van der Waals surface area contributed by atoms with Gasteiger partial charge < -0.3 is 9.64 Å². The average Bonchev–Trinajstić information content (AvgIpc) is 2.86. The van der Waals surface area contributed by atoms with Gasteiger partial charge in [0, 0.05) is 24.4 Å². The number of halogens is 5. The molecule has 2 aromatic rings. The second-order valence-corrected chi connectivity index (χ2v) is 8.53. The van der Waals surface area contributed by atoms with Crippen LogP contribution in [0.4, 0.5) is 33.3 Å². The van der Waals surface area contributed by atoms with Gasteiger partial charge in [-0.2, -0.15) is 13.2 Å². The average molecular weight is 447 g/mol. The van der Waals surface area contributed by atoms with Crippen molar-refractivity contribution in [3.63, 3.8) is 0 Å². The predicted molar refractivity (Wildman–Crippen MR) is 106 cm³/mol. The molecule has 0 saturated carbocycles. The fraction of sp³-hybridized carbons (Fsp3) is 0.429. The van der Waals surface area contributed by atoms with E-state index in [0.29, 0.717) is 18.7 Å². The lowest BCUT2D eigenvalue weighted by atomic mass is 10.1. The number of hydrogen-bond acceptors (Lipinski definition) is 3. The molecule has 0 saturated heterocycles. The molecule has 0 amide bonds. The van der Waals surface area contributed by atoms with E-state index in [1.165, 1.54) is 24.3 Å². The van der Waals surface area contributed by atoms with Gasteiger partial charge in [-0.25, -0.2) is 8.78 Å². The van der Waals surface area contributed by atoms with Gasteiger partial charge in [-0.15, -0.1) is 0 Å². The fourth-order valence-electron chi connectivity index (χ4n) is 3.26. The molecule has 0 spiro atoms. The number of hydrogen-bond donors (Lipinski definition) is 0. The molecule has 1 aliphatic heterocycles. The third kappa shape index (κ3) is 5.11. The van der Waals surface area contributed by atoms with Crippen LogP contribution >= 0.6 is 0 Å². The van der Waals surface area contributed by atoms with Crippen LogP contribution in [0.5, 0.6) is 5.75 Å². The number of nitrogens with zero attached hydrogens (tertiary/aromatic N) is 1. The van der Waals surface area contributed by atoms with E-state index in [4.69, 9.17) is 4.74 Å². The van der Waals surface area contributed by atoms with Crippen molar-refractivity contribution in [3.05, 3.63) is 47.8 Å². The first-order valence-electron chi connectivity index (χ1n) is 9.64. The summed E-state index contributed by atoms with van der Waals surface area (Å²) in [6.07, 6.45) is -5.18. The summed E-state index contributed by atoms with van der Waals surface area (Å²) < 4.78 is 86.0. The van der Waals surface area contributed by atoms with Gasteiger partial charge in [0.15, 0.2) is 0 Å². The molecule has 1 aliphatic rings. The molecule has 0 aliphatic carbocycles. The van der Waals surface area contributed by atoms with E-state index in [1.54, 1.807) is 11.8 Å². The van der Waals surface area contributed by atoms with Gasteiger partial charge in [0.05, 0.1) is 33.6 Å². The van der Waals surface area contributed by atoms with Gasteiger partial charge in [-0.05, 0) is 49.2 Å². The molecule has 1 heterocycles. The summed E-state index contributed by atoms with van der Waals surface area (Å²) in [5.74, 6) is -0.646. The Bertz CT molecular complexity index is 902. The van der Waals surface area contributed by atoms with Gasteiger partial charge in [0.1, 0.15) is 17.7 Å². The Balaban J connectivity index is 2.06. The Labute approximate surface area is 174 Å². The zero-order chi connectivity index (χ0) is 21.9. The molecular weight excluding hydrogens is 425 g/mol. The maximum atomic E-state index is 13.8. The highest BCUT2D eigenvalue weighted by Gasteiger charge is 2.37. The van der Waals surface area contributed by atoms with Gasteiger partial charge in [0.25, 0.3) is 0 Å². The first-order chi connectivity index (χ1) is 14.2. The molecule has 0 radical (unpaired) electrons. The highest BCUT2D eigenvalue weighted by molar-refractivity contribution is 7.85. The summed E-state index contributed by atoms with van der Waals surface area (Å²) in [4.78, 5) is 1.82. The topological polar surface area (TPSA) is 29.5 Å². The van der Waals surface area contributed by atoms with Crippen LogP contribution in [0.25, 0.3) is 0 Å². The zero-order valence-electron chi connectivity index (χ0n) is 16.3. The van der Waals surface area contributed by atoms with Crippen molar-refractivity contribution in [2.45, 2.75) is 43.4 Å². The first kappa shape index (κ1) is 22.5. The highest BCUT2D eigenvalue weighted by Crippen LogP contribution is 2.44. The number of anilines is 2. The molecule has 2 atom stereocenters. The molecule has 3 nitrogen and oxygen atoms in total.